The van der Waals surface area contributed by atoms with Crippen LogP contribution in [0.3, 0.4) is 0 Å². The smallest absolute Gasteiger partial charge is 0.130 e. The Bertz CT molecular complexity index is 393. The first-order valence-corrected chi connectivity index (χ1v) is 7.57. The molecule has 1 aliphatic carbocycles. The summed E-state index contributed by atoms with van der Waals surface area (Å²) < 4.78 is 26.5. The molecular weight excluding hydrogens is 300 g/mol. The fourth-order valence-electron chi connectivity index (χ4n) is 2.27. The van der Waals surface area contributed by atoms with E-state index in [4.69, 9.17) is 0 Å². The molecule has 1 aromatic rings. The molecule has 1 aliphatic rings. The van der Waals surface area contributed by atoms with E-state index in [-0.39, 0.29) is 0 Å². The molecule has 0 saturated heterocycles. The van der Waals surface area contributed by atoms with Crippen LogP contribution in [0.4, 0.5) is 8.78 Å². The predicted molar refractivity (Wildman–Crippen MR) is 72.8 cm³/mol. The van der Waals surface area contributed by atoms with Gasteiger partial charge in [-0.3, -0.25) is 4.90 Å². The summed E-state index contributed by atoms with van der Waals surface area (Å²) in [5, 5.41) is 0.960. The zero-order valence-electron chi connectivity index (χ0n) is 10.3. The van der Waals surface area contributed by atoms with Crippen LogP contribution in [0.1, 0.15) is 31.2 Å². The van der Waals surface area contributed by atoms with Gasteiger partial charge in [-0.1, -0.05) is 28.4 Å². The molecule has 0 amide bonds. The SMILES string of the molecule is Fc1ccc(CN(CCCBr)C2CCC2)c(F)c1. The first kappa shape index (κ1) is 13.9. The third kappa shape index (κ3) is 3.51. The molecule has 1 fully saturated rings. The monoisotopic (exact) mass is 317 g/mol. The Morgan fingerprint density at radius 3 is 2.61 bits per heavy atom. The van der Waals surface area contributed by atoms with Crippen LogP contribution >= 0.6 is 15.9 Å². The largest absolute Gasteiger partial charge is 0.296 e. The van der Waals surface area contributed by atoms with Gasteiger partial charge in [0.2, 0.25) is 0 Å². The van der Waals surface area contributed by atoms with E-state index >= 15 is 0 Å². The van der Waals surface area contributed by atoms with Gasteiger partial charge in [-0.25, -0.2) is 8.78 Å². The van der Waals surface area contributed by atoms with Crippen LogP contribution in [0, 0.1) is 11.6 Å². The molecule has 0 radical (unpaired) electrons. The molecule has 0 N–H and O–H groups in total. The molecular formula is C14H18BrF2N. The van der Waals surface area contributed by atoms with Gasteiger partial charge in [-0.05, 0) is 31.9 Å². The van der Waals surface area contributed by atoms with Gasteiger partial charge >= 0.3 is 0 Å². The quantitative estimate of drug-likeness (QED) is 0.714. The second-order valence-electron chi connectivity index (χ2n) is 4.83. The van der Waals surface area contributed by atoms with Crippen LogP contribution in [0.25, 0.3) is 0 Å². The number of nitrogens with zero attached hydrogens (tertiary/aromatic N) is 1. The van der Waals surface area contributed by atoms with E-state index in [2.05, 4.69) is 20.8 Å². The highest BCUT2D eigenvalue weighted by Gasteiger charge is 2.25. The summed E-state index contributed by atoms with van der Waals surface area (Å²) in [6.45, 7) is 1.55. The van der Waals surface area contributed by atoms with E-state index in [1.54, 1.807) is 6.07 Å². The van der Waals surface area contributed by atoms with Crippen molar-refractivity contribution in [1.82, 2.24) is 4.90 Å². The second-order valence-corrected chi connectivity index (χ2v) is 5.63. The number of hydrogen-bond acceptors (Lipinski definition) is 1. The molecule has 0 aromatic heterocycles. The summed E-state index contributed by atoms with van der Waals surface area (Å²) in [5.74, 6) is -0.940. The molecule has 18 heavy (non-hydrogen) atoms. The van der Waals surface area contributed by atoms with Crippen molar-refractivity contribution in [3.63, 3.8) is 0 Å². The maximum Gasteiger partial charge on any atom is 0.130 e. The van der Waals surface area contributed by atoms with Crippen LogP contribution in [-0.4, -0.2) is 22.8 Å². The second kappa shape index (κ2) is 6.62. The predicted octanol–water partition coefficient (Wildman–Crippen LogP) is 4.10. The zero-order valence-corrected chi connectivity index (χ0v) is 11.9. The molecule has 0 heterocycles. The van der Waals surface area contributed by atoms with Crippen molar-refractivity contribution in [3.05, 3.63) is 35.4 Å². The van der Waals surface area contributed by atoms with E-state index in [1.165, 1.54) is 25.3 Å². The first-order chi connectivity index (χ1) is 8.70. The van der Waals surface area contributed by atoms with Gasteiger partial charge in [0.15, 0.2) is 0 Å². The number of benzene rings is 1. The molecule has 0 spiro atoms. The summed E-state index contributed by atoms with van der Waals surface area (Å²) in [4.78, 5) is 2.32. The Morgan fingerprint density at radius 2 is 2.06 bits per heavy atom. The number of halogens is 3. The Kier molecular flexibility index (Phi) is 5.13. The Labute approximate surface area is 115 Å². The van der Waals surface area contributed by atoms with E-state index < -0.39 is 11.6 Å². The summed E-state index contributed by atoms with van der Waals surface area (Å²) in [7, 11) is 0. The summed E-state index contributed by atoms with van der Waals surface area (Å²) in [6, 6.07) is 4.44. The van der Waals surface area contributed by atoms with Gasteiger partial charge in [-0.15, -0.1) is 0 Å². The maximum atomic E-state index is 13.6. The van der Waals surface area contributed by atoms with Crippen LogP contribution < -0.4 is 0 Å². The van der Waals surface area contributed by atoms with Gasteiger partial charge in [-0.2, -0.15) is 0 Å². The molecule has 1 nitrogen and oxygen atoms in total. The van der Waals surface area contributed by atoms with Gasteiger partial charge < -0.3 is 0 Å². The first-order valence-electron chi connectivity index (χ1n) is 6.44. The minimum atomic E-state index is -0.507. The topological polar surface area (TPSA) is 3.24 Å². The van der Waals surface area contributed by atoms with Crippen LogP contribution in [0.5, 0.6) is 0 Å². The third-order valence-corrected chi connectivity index (χ3v) is 4.12. The number of alkyl halides is 1. The van der Waals surface area contributed by atoms with Crippen LogP contribution in [0.15, 0.2) is 18.2 Å². The lowest BCUT2D eigenvalue weighted by molar-refractivity contribution is 0.118. The normalized spacial score (nSPS) is 16.0. The Balaban J connectivity index is 2.02. The fraction of sp³-hybridized carbons (Fsp3) is 0.571. The average Bonchev–Trinajstić information content (AvgIpc) is 2.27. The van der Waals surface area contributed by atoms with Gasteiger partial charge in [0, 0.05) is 29.5 Å². The summed E-state index contributed by atoms with van der Waals surface area (Å²) in [6.07, 6.45) is 4.72. The van der Waals surface area contributed by atoms with E-state index in [1.807, 2.05) is 0 Å². The Hall–Kier alpha value is -0.480. The van der Waals surface area contributed by atoms with Crippen molar-refractivity contribution in [2.75, 3.05) is 11.9 Å². The van der Waals surface area contributed by atoms with Crippen molar-refractivity contribution in [2.24, 2.45) is 0 Å². The van der Waals surface area contributed by atoms with Gasteiger partial charge in [0.1, 0.15) is 11.6 Å². The minimum Gasteiger partial charge on any atom is -0.296 e. The Morgan fingerprint density at radius 1 is 1.28 bits per heavy atom. The van der Waals surface area contributed by atoms with Crippen molar-refractivity contribution in [2.45, 2.75) is 38.3 Å². The number of hydrogen-bond donors (Lipinski definition) is 0. The standard InChI is InChI=1S/C14H18BrF2N/c15-7-2-8-18(13-3-1-4-13)10-11-5-6-12(16)9-14(11)17/h5-6,9,13H,1-4,7-8,10H2. The van der Waals surface area contributed by atoms with Crippen LogP contribution in [0.2, 0.25) is 0 Å². The molecule has 2 rings (SSSR count). The average molecular weight is 318 g/mol. The minimum absolute atomic E-state index is 0.432. The summed E-state index contributed by atoms with van der Waals surface area (Å²) >= 11 is 3.43. The van der Waals surface area contributed by atoms with Gasteiger partial charge in [0.25, 0.3) is 0 Å². The zero-order chi connectivity index (χ0) is 13.0. The molecule has 1 aromatic carbocycles. The van der Waals surface area contributed by atoms with Crippen LogP contribution in [-0.2, 0) is 6.54 Å². The highest BCUT2D eigenvalue weighted by Crippen LogP contribution is 2.27. The van der Waals surface area contributed by atoms with E-state index in [0.717, 1.165) is 24.4 Å². The summed E-state index contributed by atoms with van der Waals surface area (Å²) in [5.41, 5.74) is 0.595. The maximum absolute atomic E-state index is 13.6. The van der Waals surface area contributed by atoms with E-state index in [9.17, 15) is 8.78 Å². The number of rotatable bonds is 6. The molecule has 4 heteroatoms. The van der Waals surface area contributed by atoms with Crippen molar-refractivity contribution >= 4 is 15.9 Å². The van der Waals surface area contributed by atoms with Crippen molar-refractivity contribution in [3.8, 4) is 0 Å². The fourth-order valence-corrected chi connectivity index (χ4v) is 2.52. The highest BCUT2D eigenvalue weighted by molar-refractivity contribution is 9.09. The molecule has 0 aliphatic heterocycles. The third-order valence-electron chi connectivity index (χ3n) is 3.56. The molecule has 1 saturated carbocycles. The van der Waals surface area contributed by atoms with E-state index in [0.29, 0.717) is 18.2 Å². The lowest BCUT2D eigenvalue weighted by atomic mass is 9.91. The lowest BCUT2D eigenvalue weighted by Gasteiger charge is -2.37. The van der Waals surface area contributed by atoms with Crippen molar-refractivity contribution < 1.29 is 8.78 Å². The molecule has 0 bridgehead atoms. The molecule has 0 atom stereocenters. The highest BCUT2D eigenvalue weighted by atomic mass is 79.9. The molecule has 100 valence electrons. The molecule has 0 unspecified atom stereocenters. The van der Waals surface area contributed by atoms with Gasteiger partial charge in [0.05, 0.1) is 0 Å². The lowest BCUT2D eigenvalue weighted by Crippen LogP contribution is -2.40. The van der Waals surface area contributed by atoms with Crippen molar-refractivity contribution in [1.29, 1.82) is 0 Å².